The number of aromatic nitrogens is 1. The van der Waals surface area contributed by atoms with Gasteiger partial charge in [0.15, 0.2) is 5.78 Å². The van der Waals surface area contributed by atoms with E-state index in [1.807, 2.05) is 0 Å². The summed E-state index contributed by atoms with van der Waals surface area (Å²) in [7, 11) is 1.73. The molecule has 1 amide bonds. The van der Waals surface area contributed by atoms with Gasteiger partial charge < -0.3 is 18.9 Å². The molecule has 1 fully saturated rings. The van der Waals surface area contributed by atoms with Gasteiger partial charge in [0.25, 0.3) is 5.91 Å². The molecule has 0 radical (unpaired) electrons. The van der Waals surface area contributed by atoms with E-state index < -0.39 is 12.0 Å². The number of nitrogens with zero attached hydrogens (tertiary/aromatic N) is 2. The van der Waals surface area contributed by atoms with Gasteiger partial charge in [0.1, 0.15) is 5.69 Å². The number of halogens is 1. The highest BCUT2D eigenvalue weighted by molar-refractivity contribution is 6.33. The zero-order valence-corrected chi connectivity index (χ0v) is 20.6. The van der Waals surface area contributed by atoms with E-state index in [0.717, 1.165) is 12.8 Å². The van der Waals surface area contributed by atoms with Crippen LogP contribution in [0.15, 0.2) is 24.3 Å². The molecule has 0 aliphatic carbocycles. The fourth-order valence-corrected chi connectivity index (χ4v) is 4.61. The first-order chi connectivity index (χ1) is 15.7. The first-order valence-electron chi connectivity index (χ1n) is 11.2. The van der Waals surface area contributed by atoms with Gasteiger partial charge in [0.2, 0.25) is 0 Å². The molecule has 2 heterocycles. The normalized spacial score (nSPS) is 16.5. The molecule has 1 aliphatic heterocycles. The quantitative estimate of drug-likeness (QED) is 0.419. The molecule has 8 heteroatoms. The first kappa shape index (κ1) is 25.0. The molecule has 2 unspecified atom stereocenters. The van der Waals surface area contributed by atoms with Crippen LogP contribution in [-0.2, 0) is 16.5 Å². The Hall–Kier alpha value is -2.64. The van der Waals surface area contributed by atoms with Gasteiger partial charge >= 0.3 is 5.97 Å². The summed E-state index contributed by atoms with van der Waals surface area (Å²) in [5, 5.41) is 0.330. The predicted octanol–water partition coefficient (Wildman–Crippen LogP) is 4.36. The SMILES string of the molecule is CCOC(=O)c1c(C)c(C(=O)C(C)N(CC2CCCO2)C(=O)c2ccccc2Cl)c(C)n1C. The van der Waals surface area contributed by atoms with Crippen LogP contribution in [-0.4, -0.2) is 59.0 Å². The summed E-state index contributed by atoms with van der Waals surface area (Å²) >= 11 is 6.30. The van der Waals surface area contributed by atoms with Crippen molar-refractivity contribution in [2.75, 3.05) is 19.8 Å². The van der Waals surface area contributed by atoms with Crippen molar-refractivity contribution in [1.82, 2.24) is 9.47 Å². The van der Waals surface area contributed by atoms with Crippen molar-refractivity contribution in [2.24, 2.45) is 7.05 Å². The number of carbonyl (C=O) groups excluding carboxylic acids is 3. The van der Waals surface area contributed by atoms with Gasteiger partial charge in [-0.1, -0.05) is 23.7 Å². The fourth-order valence-electron chi connectivity index (χ4n) is 4.39. The molecule has 1 aliphatic rings. The lowest BCUT2D eigenvalue weighted by Gasteiger charge is -2.31. The summed E-state index contributed by atoms with van der Waals surface area (Å²) in [6, 6.07) is 6.02. The smallest absolute Gasteiger partial charge is 0.355 e. The van der Waals surface area contributed by atoms with E-state index in [2.05, 4.69) is 0 Å². The average molecular weight is 475 g/mol. The molecule has 7 nitrogen and oxygen atoms in total. The fraction of sp³-hybridized carbons (Fsp3) is 0.480. The van der Waals surface area contributed by atoms with Gasteiger partial charge in [0, 0.05) is 31.5 Å². The maximum Gasteiger partial charge on any atom is 0.355 e. The zero-order valence-electron chi connectivity index (χ0n) is 19.8. The summed E-state index contributed by atoms with van der Waals surface area (Å²) in [6.45, 7) is 8.13. The molecular weight excluding hydrogens is 444 g/mol. The molecule has 1 aromatic heterocycles. The molecule has 3 rings (SSSR count). The van der Waals surface area contributed by atoms with Crippen molar-refractivity contribution in [3.8, 4) is 0 Å². The molecule has 0 N–H and O–H groups in total. The Balaban J connectivity index is 1.99. The van der Waals surface area contributed by atoms with Crippen molar-refractivity contribution in [3.05, 3.63) is 57.4 Å². The van der Waals surface area contributed by atoms with E-state index >= 15 is 0 Å². The number of esters is 1. The van der Waals surface area contributed by atoms with Gasteiger partial charge in [-0.15, -0.1) is 0 Å². The number of benzene rings is 1. The molecule has 2 aromatic rings. The number of hydrogen-bond donors (Lipinski definition) is 0. The van der Waals surface area contributed by atoms with Gasteiger partial charge in [-0.2, -0.15) is 0 Å². The number of hydrogen-bond acceptors (Lipinski definition) is 5. The third kappa shape index (κ3) is 4.99. The molecule has 1 aromatic carbocycles. The summed E-state index contributed by atoms with van der Waals surface area (Å²) < 4.78 is 12.6. The molecule has 0 bridgehead atoms. The highest BCUT2D eigenvalue weighted by Gasteiger charge is 2.35. The third-order valence-electron chi connectivity index (χ3n) is 6.28. The standard InChI is InChI=1S/C25H31ClN2O5/c1-6-32-25(31)22-15(2)21(16(3)27(22)5)23(29)17(4)28(14-18-10-9-13-33-18)24(30)19-11-7-8-12-20(19)26/h7-8,11-12,17-18H,6,9-10,13-14H2,1-5H3. The molecular formula is C25H31ClN2O5. The number of carbonyl (C=O) groups is 3. The number of amides is 1. The van der Waals surface area contributed by atoms with Crippen molar-refractivity contribution in [3.63, 3.8) is 0 Å². The minimum absolute atomic E-state index is 0.139. The molecule has 1 saturated heterocycles. The summed E-state index contributed by atoms with van der Waals surface area (Å²) in [4.78, 5) is 41.3. The van der Waals surface area contributed by atoms with Crippen molar-refractivity contribution in [1.29, 1.82) is 0 Å². The Morgan fingerprint density at radius 1 is 1.27 bits per heavy atom. The van der Waals surface area contributed by atoms with Crippen LogP contribution in [0.5, 0.6) is 0 Å². The monoisotopic (exact) mass is 474 g/mol. The van der Waals surface area contributed by atoms with E-state index in [9.17, 15) is 14.4 Å². The van der Waals surface area contributed by atoms with Gasteiger partial charge in [0.05, 0.1) is 29.3 Å². The van der Waals surface area contributed by atoms with Crippen LogP contribution in [0.4, 0.5) is 0 Å². The Morgan fingerprint density at radius 3 is 2.58 bits per heavy atom. The van der Waals surface area contributed by atoms with Crippen LogP contribution in [0.1, 0.15) is 69.2 Å². The van der Waals surface area contributed by atoms with Crippen LogP contribution in [0.3, 0.4) is 0 Å². The highest BCUT2D eigenvalue weighted by Crippen LogP contribution is 2.27. The molecule has 2 atom stereocenters. The van der Waals surface area contributed by atoms with Crippen LogP contribution in [0.25, 0.3) is 0 Å². The van der Waals surface area contributed by atoms with Gasteiger partial charge in [-0.05, 0) is 58.2 Å². The van der Waals surface area contributed by atoms with Crippen molar-refractivity contribution in [2.45, 2.75) is 52.7 Å². The zero-order chi connectivity index (χ0) is 24.3. The van der Waals surface area contributed by atoms with Gasteiger partial charge in [-0.3, -0.25) is 9.59 Å². The molecule has 178 valence electrons. The van der Waals surface area contributed by atoms with E-state index in [0.29, 0.717) is 39.7 Å². The summed E-state index contributed by atoms with van der Waals surface area (Å²) in [5.74, 6) is -1.04. The number of Topliss-reactive ketones (excluding diaryl/α,β-unsaturated/α-hetero) is 1. The van der Waals surface area contributed by atoms with Crippen LogP contribution in [0.2, 0.25) is 5.02 Å². The number of ketones is 1. The van der Waals surface area contributed by atoms with Gasteiger partial charge in [-0.25, -0.2) is 4.79 Å². The van der Waals surface area contributed by atoms with E-state index in [1.54, 1.807) is 63.6 Å². The second-order valence-corrected chi connectivity index (χ2v) is 8.73. The predicted molar refractivity (Wildman–Crippen MR) is 126 cm³/mol. The lowest BCUT2D eigenvalue weighted by atomic mass is 9.98. The second-order valence-electron chi connectivity index (χ2n) is 8.33. The molecule has 0 saturated carbocycles. The Morgan fingerprint density at radius 2 is 1.97 bits per heavy atom. The maximum absolute atomic E-state index is 13.7. The van der Waals surface area contributed by atoms with E-state index in [4.69, 9.17) is 21.1 Å². The minimum Gasteiger partial charge on any atom is -0.461 e. The lowest BCUT2D eigenvalue weighted by Crippen LogP contribution is -2.47. The summed E-state index contributed by atoms with van der Waals surface area (Å²) in [5.41, 5.74) is 2.30. The third-order valence-corrected chi connectivity index (χ3v) is 6.61. The first-order valence-corrected chi connectivity index (χ1v) is 11.6. The minimum atomic E-state index is -0.784. The van der Waals surface area contributed by atoms with Crippen molar-refractivity contribution >= 4 is 29.3 Å². The average Bonchev–Trinajstić information content (AvgIpc) is 3.37. The van der Waals surface area contributed by atoms with Crippen LogP contribution in [0, 0.1) is 13.8 Å². The largest absolute Gasteiger partial charge is 0.461 e. The van der Waals surface area contributed by atoms with E-state index in [-0.39, 0.29) is 30.9 Å². The number of rotatable bonds is 8. The van der Waals surface area contributed by atoms with E-state index in [1.165, 1.54) is 4.90 Å². The molecule has 0 spiro atoms. The Kier molecular flexibility index (Phi) is 7.97. The maximum atomic E-state index is 13.7. The van der Waals surface area contributed by atoms with Crippen LogP contribution >= 0.6 is 11.6 Å². The summed E-state index contributed by atoms with van der Waals surface area (Å²) in [6.07, 6.45) is 1.60. The number of ether oxygens (including phenoxy) is 2. The van der Waals surface area contributed by atoms with Crippen molar-refractivity contribution < 1.29 is 23.9 Å². The van der Waals surface area contributed by atoms with Crippen LogP contribution < -0.4 is 0 Å². The second kappa shape index (κ2) is 10.5. The lowest BCUT2D eigenvalue weighted by molar-refractivity contribution is 0.0410. The Labute approximate surface area is 199 Å². The Bertz CT molecular complexity index is 1060. The molecule has 33 heavy (non-hydrogen) atoms. The topological polar surface area (TPSA) is 77.8 Å². The highest BCUT2D eigenvalue weighted by atomic mass is 35.5.